The molecule has 0 aliphatic rings. The fourth-order valence-corrected chi connectivity index (χ4v) is 2.93. The van der Waals surface area contributed by atoms with E-state index in [0.29, 0.717) is 22.4 Å². The van der Waals surface area contributed by atoms with Crippen molar-refractivity contribution in [2.24, 2.45) is 0 Å². The van der Waals surface area contributed by atoms with Gasteiger partial charge in [-0.15, -0.1) is 0 Å². The number of rotatable bonds is 2. The predicted molar refractivity (Wildman–Crippen MR) is 93.2 cm³/mol. The summed E-state index contributed by atoms with van der Waals surface area (Å²) < 4.78 is 41.1. The third-order valence-corrected chi connectivity index (χ3v) is 4.10. The monoisotopic (exact) mass is 354 g/mol. The normalized spacial score (nSPS) is 11.8. The van der Waals surface area contributed by atoms with Crippen LogP contribution < -0.4 is 0 Å². The van der Waals surface area contributed by atoms with Gasteiger partial charge in [0, 0.05) is 17.3 Å². The van der Waals surface area contributed by atoms with E-state index in [1.54, 1.807) is 22.8 Å². The van der Waals surface area contributed by atoms with Crippen molar-refractivity contribution in [1.82, 2.24) is 9.55 Å². The Hall–Kier alpha value is -3.28. The van der Waals surface area contributed by atoms with Gasteiger partial charge in [-0.3, -0.25) is 4.57 Å². The molecule has 0 spiro atoms. The minimum absolute atomic E-state index is 0.0603. The summed E-state index contributed by atoms with van der Waals surface area (Å²) in [6, 6.07) is 19.0. The summed E-state index contributed by atoms with van der Waals surface area (Å²) in [6.07, 6.45) is -4.43. The Labute approximate surface area is 147 Å². The molecular formula is C20H13F3N2O. The molecule has 3 nitrogen and oxygen atoms in total. The summed E-state index contributed by atoms with van der Waals surface area (Å²) in [5.41, 5.74) is 1.56. The van der Waals surface area contributed by atoms with E-state index < -0.39 is 11.7 Å². The van der Waals surface area contributed by atoms with Crippen LogP contribution in [0, 0.1) is 0 Å². The molecule has 1 aromatic heterocycles. The number of imidazole rings is 1. The average molecular weight is 354 g/mol. The van der Waals surface area contributed by atoms with E-state index in [4.69, 9.17) is 0 Å². The van der Waals surface area contributed by atoms with Crippen molar-refractivity contribution in [2.75, 3.05) is 0 Å². The molecule has 0 amide bonds. The number of hydrogen-bond acceptors (Lipinski definition) is 2. The number of fused-ring (bicyclic) bond motifs is 1. The van der Waals surface area contributed by atoms with Gasteiger partial charge in [-0.05, 0) is 36.4 Å². The molecule has 1 N–H and O–H groups in total. The maximum atomic E-state index is 13.1. The smallest absolute Gasteiger partial charge is 0.416 e. The molecule has 0 aliphatic heterocycles. The molecule has 0 saturated heterocycles. The first-order valence-corrected chi connectivity index (χ1v) is 7.88. The topological polar surface area (TPSA) is 38.1 Å². The lowest BCUT2D eigenvalue weighted by Crippen LogP contribution is -2.05. The molecule has 130 valence electrons. The lowest BCUT2D eigenvalue weighted by Gasteiger charge is -2.11. The maximum Gasteiger partial charge on any atom is 0.416 e. The number of aromatic nitrogens is 2. The van der Waals surface area contributed by atoms with Crippen LogP contribution in [0.1, 0.15) is 5.56 Å². The molecule has 6 heteroatoms. The molecular weight excluding hydrogens is 341 g/mol. The number of nitrogens with zero attached hydrogens (tertiary/aromatic N) is 2. The van der Waals surface area contributed by atoms with Crippen LogP contribution in [0.4, 0.5) is 13.2 Å². The summed E-state index contributed by atoms with van der Waals surface area (Å²) in [7, 11) is 0. The van der Waals surface area contributed by atoms with Crippen LogP contribution in [-0.4, -0.2) is 14.7 Å². The van der Waals surface area contributed by atoms with E-state index >= 15 is 0 Å². The van der Waals surface area contributed by atoms with Crippen molar-refractivity contribution in [3.05, 3.63) is 78.4 Å². The molecule has 0 atom stereocenters. The fraction of sp³-hybridized carbons (Fsp3) is 0.0500. The Morgan fingerprint density at radius 2 is 1.62 bits per heavy atom. The first kappa shape index (κ1) is 16.2. The van der Waals surface area contributed by atoms with Gasteiger partial charge < -0.3 is 5.11 Å². The summed E-state index contributed by atoms with van der Waals surface area (Å²) >= 11 is 0. The van der Waals surface area contributed by atoms with E-state index in [2.05, 4.69) is 4.98 Å². The first-order chi connectivity index (χ1) is 12.4. The number of para-hydroxylation sites is 1. The van der Waals surface area contributed by atoms with Gasteiger partial charge >= 0.3 is 6.18 Å². The van der Waals surface area contributed by atoms with Crippen molar-refractivity contribution in [3.63, 3.8) is 0 Å². The van der Waals surface area contributed by atoms with Gasteiger partial charge in [-0.2, -0.15) is 13.2 Å². The van der Waals surface area contributed by atoms with Gasteiger partial charge in [0.1, 0.15) is 11.6 Å². The molecule has 26 heavy (non-hydrogen) atoms. The molecule has 4 rings (SSSR count). The van der Waals surface area contributed by atoms with Gasteiger partial charge in [0.05, 0.1) is 16.6 Å². The quantitative estimate of drug-likeness (QED) is 0.522. The van der Waals surface area contributed by atoms with Crippen molar-refractivity contribution in [1.29, 1.82) is 0 Å². The van der Waals surface area contributed by atoms with Crippen LogP contribution in [0.5, 0.6) is 5.75 Å². The number of alkyl halides is 3. The number of benzene rings is 3. The lowest BCUT2D eigenvalue weighted by molar-refractivity contribution is -0.137. The van der Waals surface area contributed by atoms with E-state index in [0.717, 1.165) is 17.8 Å². The van der Waals surface area contributed by atoms with Gasteiger partial charge in [0.2, 0.25) is 0 Å². The molecule has 0 saturated carbocycles. The summed E-state index contributed by atoms with van der Waals surface area (Å²) in [4.78, 5) is 4.51. The van der Waals surface area contributed by atoms with Crippen molar-refractivity contribution < 1.29 is 18.3 Å². The Morgan fingerprint density at radius 3 is 2.35 bits per heavy atom. The van der Waals surface area contributed by atoms with Gasteiger partial charge in [-0.25, -0.2) is 4.98 Å². The second-order valence-electron chi connectivity index (χ2n) is 5.86. The predicted octanol–water partition coefficient (Wildman–Crippen LogP) is 5.42. The SMILES string of the molecule is Oc1ccc2nc(-c3cccc(C(F)(F)F)c3)n(-c3ccccc3)c2c1. The minimum atomic E-state index is -4.43. The lowest BCUT2D eigenvalue weighted by atomic mass is 10.1. The number of hydrogen-bond donors (Lipinski definition) is 1. The van der Waals surface area contributed by atoms with Crippen LogP contribution in [0.25, 0.3) is 28.1 Å². The van der Waals surface area contributed by atoms with Crippen molar-refractivity contribution in [2.45, 2.75) is 6.18 Å². The van der Waals surface area contributed by atoms with Crippen molar-refractivity contribution >= 4 is 11.0 Å². The highest BCUT2D eigenvalue weighted by atomic mass is 19.4. The average Bonchev–Trinajstić information content (AvgIpc) is 3.00. The Bertz CT molecular complexity index is 1090. The second-order valence-corrected chi connectivity index (χ2v) is 5.86. The largest absolute Gasteiger partial charge is 0.508 e. The number of phenols is 1. The zero-order valence-electron chi connectivity index (χ0n) is 13.4. The van der Waals surface area contributed by atoms with Crippen molar-refractivity contribution in [3.8, 4) is 22.8 Å². The highest BCUT2D eigenvalue weighted by Gasteiger charge is 2.31. The van der Waals surface area contributed by atoms with Gasteiger partial charge in [0.15, 0.2) is 0 Å². The zero-order valence-corrected chi connectivity index (χ0v) is 13.4. The number of phenolic OH excluding ortho intramolecular Hbond substituents is 1. The van der Waals surface area contributed by atoms with E-state index in [9.17, 15) is 18.3 Å². The third-order valence-electron chi connectivity index (χ3n) is 4.10. The third kappa shape index (κ3) is 2.79. The Kier molecular flexibility index (Phi) is 3.68. The van der Waals surface area contributed by atoms with Gasteiger partial charge in [-0.1, -0.05) is 30.3 Å². The van der Waals surface area contributed by atoms with E-state index in [1.165, 1.54) is 12.1 Å². The van der Waals surface area contributed by atoms with Crippen LogP contribution in [0.2, 0.25) is 0 Å². The first-order valence-electron chi connectivity index (χ1n) is 7.88. The van der Waals surface area contributed by atoms with E-state index in [1.807, 2.05) is 30.3 Å². The molecule has 1 heterocycles. The fourth-order valence-electron chi connectivity index (χ4n) is 2.93. The zero-order chi connectivity index (χ0) is 18.3. The molecule has 0 fully saturated rings. The van der Waals surface area contributed by atoms with Crippen LogP contribution >= 0.6 is 0 Å². The highest BCUT2D eigenvalue weighted by Crippen LogP contribution is 2.34. The molecule has 0 radical (unpaired) electrons. The van der Waals surface area contributed by atoms with Gasteiger partial charge in [0.25, 0.3) is 0 Å². The number of aromatic hydroxyl groups is 1. The highest BCUT2D eigenvalue weighted by molar-refractivity contribution is 5.84. The number of halogens is 3. The summed E-state index contributed by atoms with van der Waals surface area (Å²) in [6.45, 7) is 0. The molecule has 0 aliphatic carbocycles. The minimum Gasteiger partial charge on any atom is -0.508 e. The molecule has 4 aromatic rings. The maximum absolute atomic E-state index is 13.1. The van der Waals surface area contributed by atoms with Crippen LogP contribution in [0.3, 0.4) is 0 Å². The Balaban J connectivity index is 2.02. The second kappa shape index (κ2) is 5.91. The molecule has 3 aromatic carbocycles. The standard InChI is InChI=1S/C20H13F3N2O/c21-20(22,23)14-6-4-5-13(11-14)19-24-17-10-9-16(26)12-18(17)25(19)15-7-2-1-3-8-15/h1-12,26H. The molecule has 0 bridgehead atoms. The molecule has 0 unspecified atom stereocenters. The van der Waals surface area contributed by atoms with Crippen LogP contribution in [0.15, 0.2) is 72.8 Å². The van der Waals surface area contributed by atoms with Crippen LogP contribution in [-0.2, 0) is 6.18 Å². The van der Waals surface area contributed by atoms with E-state index in [-0.39, 0.29) is 5.75 Å². The Morgan fingerprint density at radius 1 is 0.846 bits per heavy atom. The summed E-state index contributed by atoms with van der Waals surface area (Å²) in [5, 5.41) is 9.84. The summed E-state index contributed by atoms with van der Waals surface area (Å²) in [5.74, 6) is 0.438.